The van der Waals surface area contributed by atoms with E-state index >= 15 is 0 Å². The monoisotopic (exact) mass is 408 g/mol. The van der Waals surface area contributed by atoms with Crippen molar-refractivity contribution in [2.45, 2.75) is 45.6 Å². The van der Waals surface area contributed by atoms with Crippen molar-refractivity contribution in [3.63, 3.8) is 0 Å². The number of hydrogen-bond donors (Lipinski definition) is 1. The maximum atomic E-state index is 12.8. The minimum Gasteiger partial charge on any atom is -0.494 e. The Morgan fingerprint density at radius 3 is 2.73 bits per heavy atom. The lowest BCUT2D eigenvalue weighted by atomic mass is 9.98. The molecule has 4 rings (SSSR count). The maximum absolute atomic E-state index is 12.8. The van der Waals surface area contributed by atoms with E-state index in [4.69, 9.17) is 9.26 Å². The van der Waals surface area contributed by atoms with Crippen LogP contribution in [0.5, 0.6) is 5.75 Å². The first-order valence-corrected chi connectivity index (χ1v) is 10.2. The van der Waals surface area contributed by atoms with Crippen molar-refractivity contribution in [3.05, 3.63) is 58.0 Å². The molecule has 2 aromatic heterocycles. The number of amides is 1. The molecule has 1 aliphatic carbocycles. The van der Waals surface area contributed by atoms with E-state index in [9.17, 15) is 9.59 Å². The highest BCUT2D eigenvalue weighted by molar-refractivity contribution is 5.92. The van der Waals surface area contributed by atoms with Gasteiger partial charge in [-0.15, -0.1) is 0 Å². The van der Waals surface area contributed by atoms with Crippen LogP contribution in [0.2, 0.25) is 0 Å². The van der Waals surface area contributed by atoms with E-state index in [0.29, 0.717) is 18.2 Å². The summed E-state index contributed by atoms with van der Waals surface area (Å²) in [4.78, 5) is 25.2. The van der Waals surface area contributed by atoms with Crippen LogP contribution >= 0.6 is 0 Å². The quantitative estimate of drug-likeness (QED) is 0.671. The van der Waals surface area contributed by atoms with Crippen molar-refractivity contribution in [2.75, 3.05) is 11.9 Å². The normalized spacial score (nSPS) is 14.1. The zero-order valence-corrected chi connectivity index (χ0v) is 17.1. The molecule has 8 heteroatoms. The molecule has 1 N–H and O–H groups in total. The Kier molecular flexibility index (Phi) is 5.65. The van der Waals surface area contributed by atoms with E-state index in [-0.39, 0.29) is 11.5 Å². The fourth-order valence-corrected chi connectivity index (χ4v) is 3.56. The summed E-state index contributed by atoms with van der Waals surface area (Å²) >= 11 is 0. The number of nitrogens with one attached hydrogen (secondary N) is 1. The average molecular weight is 408 g/mol. The summed E-state index contributed by atoms with van der Waals surface area (Å²) < 4.78 is 12.0. The fraction of sp³-hybridized carbons (Fsp3) is 0.364. The summed E-state index contributed by atoms with van der Waals surface area (Å²) in [5.74, 6) is 0.757. The summed E-state index contributed by atoms with van der Waals surface area (Å²) in [6, 6.07) is 9.68. The zero-order chi connectivity index (χ0) is 21.1. The van der Waals surface area contributed by atoms with Crippen LogP contribution in [0.1, 0.15) is 44.0 Å². The lowest BCUT2D eigenvalue weighted by Crippen LogP contribution is -2.33. The minimum absolute atomic E-state index is 0.355. The zero-order valence-electron chi connectivity index (χ0n) is 17.1. The number of carbonyl (C=O) groups is 1. The Balaban J connectivity index is 1.55. The van der Waals surface area contributed by atoms with Crippen LogP contribution in [-0.2, 0) is 17.6 Å². The van der Waals surface area contributed by atoms with E-state index in [2.05, 4.69) is 15.6 Å². The SMILES string of the molecule is CCOc1ccc(-c2ccc(=O)n(C(C)C(=O)Nc3onc4c3CCCC4)n2)cc1. The second-order valence-electron chi connectivity index (χ2n) is 7.27. The van der Waals surface area contributed by atoms with Gasteiger partial charge in [0.15, 0.2) is 0 Å². The van der Waals surface area contributed by atoms with Gasteiger partial charge in [-0.3, -0.25) is 14.9 Å². The highest BCUT2D eigenvalue weighted by Gasteiger charge is 2.24. The van der Waals surface area contributed by atoms with E-state index in [1.807, 2.05) is 31.2 Å². The molecule has 0 radical (unpaired) electrons. The molecule has 0 fully saturated rings. The third kappa shape index (κ3) is 3.98. The van der Waals surface area contributed by atoms with Gasteiger partial charge < -0.3 is 9.26 Å². The van der Waals surface area contributed by atoms with Gasteiger partial charge in [-0.1, -0.05) is 5.16 Å². The van der Waals surface area contributed by atoms with Gasteiger partial charge in [-0.25, -0.2) is 4.68 Å². The van der Waals surface area contributed by atoms with Crippen molar-refractivity contribution < 1.29 is 14.1 Å². The fourth-order valence-electron chi connectivity index (χ4n) is 3.56. The molecule has 8 nitrogen and oxygen atoms in total. The standard InChI is InChI=1S/C22H24N4O4/c1-3-29-16-10-8-15(9-11-16)18-12-13-20(27)26(24-18)14(2)21(28)23-22-17-6-4-5-7-19(17)25-30-22/h8-14H,3-7H2,1-2H3,(H,23,28). The topological polar surface area (TPSA) is 99.2 Å². The largest absolute Gasteiger partial charge is 0.494 e. The van der Waals surface area contributed by atoms with Crippen molar-refractivity contribution >= 4 is 11.8 Å². The third-order valence-electron chi connectivity index (χ3n) is 5.23. The lowest BCUT2D eigenvalue weighted by molar-refractivity contribution is -0.119. The summed E-state index contributed by atoms with van der Waals surface area (Å²) in [6.07, 6.45) is 3.79. The third-order valence-corrected chi connectivity index (χ3v) is 5.23. The molecule has 3 aromatic rings. The smallest absolute Gasteiger partial charge is 0.267 e. The predicted molar refractivity (Wildman–Crippen MR) is 112 cm³/mol. The number of ether oxygens (including phenoxy) is 1. The van der Waals surface area contributed by atoms with Crippen molar-refractivity contribution in [2.24, 2.45) is 0 Å². The Hall–Kier alpha value is -3.42. The number of benzene rings is 1. The minimum atomic E-state index is -0.815. The molecule has 1 unspecified atom stereocenters. The highest BCUT2D eigenvalue weighted by Crippen LogP contribution is 2.28. The summed E-state index contributed by atoms with van der Waals surface area (Å²) in [5.41, 5.74) is 2.91. The van der Waals surface area contributed by atoms with E-state index in [0.717, 1.165) is 48.3 Å². The van der Waals surface area contributed by atoms with Gasteiger partial charge in [0.2, 0.25) is 5.88 Å². The molecule has 156 valence electrons. The molecule has 1 aliphatic rings. The second kappa shape index (κ2) is 8.52. The molecule has 30 heavy (non-hydrogen) atoms. The van der Waals surface area contributed by atoms with Gasteiger partial charge in [-0.05, 0) is 69.9 Å². The van der Waals surface area contributed by atoms with Gasteiger partial charge in [0, 0.05) is 17.2 Å². The van der Waals surface area contributed by atoms with Crippen LogP contribution in [0.25, 0.3) is 11.3 Å². The molecular weight excluding hydrogens is 384 g/mol. The Bertz CT molecular complexity index is 1100. The lowest BCUT2D eigenvalue weighted by Gasteiger charge is -2.15. The van der Waals surface area contributed by atoms with E-state index in [1.165, 1.54) is 10.7 Å². The van der Waals surface area contributed by atoms with Crippen LogP contribution < -0.4 is 15.6 Å². The number of anilines is 1. The summed E-state index contributed by atoms with van der Waals surface area (Å²) in [5, 5.41) is 11.2. The molecule has 1 amide bonds. The Labute approximate surface area is 173 Å². The number of fused-ring (bicyclic) bond motifs is 1. The van der Waals surface area contributed by atoms with Crippen molar-refractivity contribution in [3.8, 4) is 17.0 Å². The molecule has 1 atom stereocenters. The van der Waals surface area contributed by atoms with Gasteiger partial charge in [0.25, 0.3) is 11.5 Å². The predicted octanol–water partition coefficient (Wildman–Crippen LogP) is 3.38. The van der Waals surface area contributed by atoms with Gasteiger partial charge in [-0.2, -0.15) is 5.10 Å². The van der Waals surface area contributed by atoms with Crippen LogP contribution in [0.15, 0.2) is 45.7 Å². The Morgan fingerprint density at radius 1 is 1.20 bits per heavy atom. The van der Waals surface area contributed by atoms with Crippen LogP contribution in [0.4, 0.5) is 5.88 Å². The Morgan fingerprint density at radius 2 is 1.97 bits per heavy atom. The maximum Gasteiger partial charge on any atom is 0.267 e. The number of rotatable bonds is 6. The van der Waals surface area contributed by atoms with E-state index in [1.54, 1.807) is 13.0 Å². The van der Waals surface area contributed by atoms with Gasteiger partial charge >= 0.3 is 0 Å². The van der Waals surface area contributed by atoms with Crippen molar-refractivity contribution in [1.29, 1.82) is 0 Å². The highest BCUT2D eigenvalue weighted by atomic mass is 16.5. The van der Waals surface area contributed by atoms with Crippen LogP contribution in [-0.4, -0.2) is 27.5 Å². The number of carbonyl (C=O) groups excluding carboxylic acids is 1. The van der Waals surface area contributed by atoms with Crippen molar-refractivity contribution in [1.82, 2.24) is 14.9 Å². The molecule has 0 aliphatic heterocycles. The number of aromatic nitrogens is 3. The molecule has 2 heterocycles. The van der Waals surface area contributed by atoms with Crippen LogP contribution in [0, 0.1) is 0 Å². The van der Waals surface area contributed by atoms with Gasteiger partial charge in [0.1, 0.15) is 11.8 Å². The first-order valence-electron chi connectivity index (χ1n) is 10.2. The second-order valence-corrected chi connectivity index (χ2v) is 7.27. The van der Waals surface area contributed by atoms with Crippen LogP contribution in [0.3, 0.4) is 0 Å². The molecule has 0 spiro atoms. The number of aryl methyl sites for hydroxylation is 1. The molecule has 0 saturated carbocycles. The number of nitrogens with zero attached hydrogens (tertiary/aromatic N) is 3. The molecule has 0 saturated heterocycles. The first kappa shape index (κ1) is 19.9. The summed E-state index contributed by atoms with van der Waals surface area (Å²) in [6.45, 7) is 4.14. The average Bonchev–Trinajstić information content (AvgIpc) is 3.17. The molecule has 0 bridgehead atoms. The van der Waals surface area contributed by atoms with E-state index < -0.39 is 6.04 Å². The summed E-state index contributed by atoms with van der Waals surface area (Å²) in [7, 11) is 0. The van der Waals surface area contributed by atoms with Gasteiger partial charge in [0.05, 0.1) is 18.0 Å². The molecule has 1 aromatic carbocycles. The first-order chi connectivity index (χ1) is 14.6. The number of hydrogen-bond acceptors (Lipinski definition) is 6. The molecular formula is C22H24N4O4.